The Kier molecular flexibility index (Phi) is 8.25. The van der Waals surface area contributed by atoms with E-state index in [0.29, 0.717) is 13.0 Å². The minimum Gasteiger partial charge on any atom is -0.445 e. The summed E-state index contributed by atoms with van der Waals surface area (Å²) < 4.78 is 5.14. The van der Waals surface area contributed by atoms with Gasteiger partial charge in [0.2, 0.25) is 5.91 Å². The van der Waals surface area contributed by atoms with Gasteiger partial charge in [-0.3, -0.25) is 4.79 Å². The SMILES string of the molecule is N[C@@H](CCCCNC(=O)OCc1ccccc1)C(=O)N1CCCCC1. The third kappa shape index (κ3) is 7.13. The first-order valence-electron chi connectivity index (χ1n) is 9.16. The minimum absolute atomic E-state index is 0.0648. The first-order chi connectivity index (χ1) is 12.2. The number of unbranched alkanes of at least 4 members (excludes halogenated alkanes) is 1. The average Bonchev–Trinajstić information content (AvgIpc) is 2.67. The lowest BCUT2D eigenvalue weighted by Crippen LogP contribution is -2.45. The first-order valence-corrected chi connectivity index (χ1v) is 9.16. The molecule has 0 unspecified atom stereocenters. The summed E-state index contributed by atoms with van der Waals surface area (Å²) in [4.78, 5) is 25.7. The number of nitrogens with zero attached hydrogens (tertiary/aromatic N) is 1. The predicted octanol–water partition coefficient (Wildman–Crippen LogP) is 2.42. The van der Waals surface area contributed by atoms with E-state index in [2.05, 4.69) is 5.32 Å². The van der Waals surface area contributed by atoms with Crippen LogP contribution >= 0.6 is 0 Å². The molecule has 1 aliphatic rings. The van der Waals surface area contributed by atoms with E-state index in [0.717, 1.165) is 44.3 Å². The molecule has 1 aromatic carbocycles. The van der Waals surface area contributed by atoms with Crippen molar-refractivity contribution < 1.29 is 14.3 Å². The molecular formula is C19H29N3O3. The van der Waals surface area contributed by atoms with Gasteiger partial charge in [-0.2, -0.15) is 0 Å². The quantitative estimate of drug-likeness (QED) is 0.707. The number of hydrogen-bond acceptors (Lipinski definition) is 4. The molecule has 2 amide bonds. The zero-order valence-corrected chi connectivity index (χ0v) is 14.8. The van der Waals surface area contributed by atoms with Gasteiger partial charge in [0.1, 0.15) is 6.61 Å². The number of carbonyl (C=O) groups is 2. The largest absolute Gasteiger partial charge is 0.445 e. The Labute approximate surface area is 149 Å². The Balaban J connectivity index is 1.52. The fourth-order valence-corrected chi connectivity index (χ4v) is 2.93. The number of alkyl carbamates (subject to hydrolysis) is 1. The number of amides is 2. The number of ether oxygens (including phenoxy) is 1. The second kappa shape index (κ2) is 10.7. The lowest BCUT2D eigenvalue weighted by atomic mass is 10.1. The molecule has 0 saturated carbocycles. The zero-order valence-electron chi connectivity index (χ0n) is 14.8. The molecule has 1 atom stereocenters. The molecule has 0 aromatic heterocycles. The van der Waals surface area contributed by atoms with Crippen molar-refractivity contribution >= 4 is 12.0 Å². The summed E-state index contributed by atoms with van der Waals surface area (Å²) in [5, 5.41) is 2.72. The number of carbonyl (C=O) groups excluding carboxylic acids is 2. The highest BCUT2D eigenvalue weighted by molar-refractivity contribution is 5.81. The van der Waals surface area contributed by atoms with Crippen LogP contribution in [0.4, 0.5) is 4.79 Å². The van der Waals surface area contributed by atoms with E-state index >= 15 is 0 Å². The molecule has 6 nitrogen and oxygen atoms in total. The van der Waals surface area contributed by atoms with Gasteiger partial charge in [0, 0.05) is 19.6 Å². The predicted molar refractivity (Wildman–Crippen MR) is 96.9 cm³/mol. The highest BCUT2D eigenvalue weighted by Crippen LogP contribution is 2.11. The number of nitrogens with one attached hydrogen (secondary N) is 1. The van der Waals surface area contributed by atoms with Crippen LogP contribution in [0.5, 0.6) is 0 Å². The van der Waals surface area contributed by atoms with Crippen LogP contribution in [0.3, 0.4) is 0 Å². The highest BCUT2D eigenvalue weighted by atomic mass is 16.5. The second-order valence-corrected chi connectivity index (χ2v) is 6.48. The second-order valence-electron chi connectivity index (χ2n) is 6.48. The van der Waals surface area contributed by atoms with Gasteiger partial charge in [0.25, 0.3) is 0 Å². The summed E-state index contributed by atoms with van der Waals surface area (Å²) >= 11 is 0. The van der Waals surface area contributed by atoms with Gasteiger partial charge in [-0.15, -0.1) is 0 Å². The number of piperidine rings is 1. The molecule has 6 heteroatoms. The van der Waals surface area contributed by atoms with Gasteiger partial charge in [0.15, 0.2) is 0 Å². The van der Waals surface area contributed by atoms with Crippen LogP contribution in [0.1, 0.15) is 44.1 Å². The molecule has 25 heavy (non-hydrogen) atoms. The Morgan fingerprint density at radius 1 is 1.12 bits per heavy atom. The van der Waals surface area contributed by atoms with Crippen molar-refractivity contribution in [3.63, 3.8) is 0 Å². The number of benzene rings is 1. The minimum atomic E-state index is -0.428. The summed E-state index contributed by atoms with van der Waals surface area (Å²) in [5.74, 6) is 0.0648. The third-order valence-electron chi connectivity index (χ3n) is 4.41. The Morgan fingerprint density at radius 3 is 2.56 bits per heavy atom. The fourth-order valence-electron chi connectivity index (χ4n) is 2.93. The first kappa shape index (κ1) is 19.2. The maximum atomic E-state index is 12.2. The van der Waals surface area contributed by atoms with E-state index in [1.54, 1.807) is 0 Å². The maximum absolute atomic E-state index is 12.2. The zero-order chi connectivity index (χ0) is 17.9. The van der Waals surface area contributed by atoms with E-state index in [9.17, 15) is 9.59 Å². The number of nitrogens with two attached hydrogens (primary N) is 1. The highest BCUT2D eigenvalue weighted by Gasteiger charge is 2.21. The molecule has 1 fully saturated rings. The van der Waals surface area contributed by atoms with Crippen LogP contribution in [0, 0.1) is 0 Å². The van der Waals surface area contributed by atoms with Gasteiger partial charge >= 0.3 is 6.09 Å². The number of rotatable bonds is 8. The van der Waals surface area contributed by atoms with Crippen molar-refractivity contribution in [2.45, 2.75) is 51.2 Å². The summed E-state index contributed by atoms with van der Waals surface area (Å²) in [7, 11) is 0. The topological polar surface area (TPSA) is 84.7 Å². The van der Waals surface area contributed by atoms with E-state index in [1.807, 2.05) is 35.2 Å². The van der Waals surface area contributed by atoms with E-state index < -0.39 is 12.1 Å². The number of likely N-dealkylation sites (tertiary alicyclic amines) is 1. The molecular weight excluding hydrogens is 318 g/mol. The Bertz CT molecular complexity index is 530. The van der Waals surface area contributed by atoms with Crippen molar-refractivity contribution in [1.82, 2.24) is 10.2 Å². The average molecular weight is 347 g/mol. The molecule has 0 spiro atoms. The monoisotopic (exact) mass is 347 g/mol. The third-order valence-corrected chi connectivity index (χ3v) is 4.41. The Morgan fingerprint density at radius 2 is 1.84 bits per heavy atom. The normalized spacial score (nSPS) is 15.5. The smallest absolute Gasteiger partial charge is 0.407 e. The summed E-state index contributed by atoms with van der Waals surface area (Å²) in [5.41, 5.74) is 6.96. The van der Waals surface area contributed by atoms with Crippen LogP contribution in [-0.4, -0.2) is 42.6 Å². The van der Waals surface area contributed by atoms with E-state index in [-0.39, 0.29) is 12.5 Å². The molecule has 1 aromatic rings. The molecule has 138 valence electrons. The van der Waals surface area contributed by atoms with Crippen LogP contribution in [0.2, 0.25) is 0 Å². The van der Waals surface area contributed by atoms with Crippen LogP contribution in [0.25, 0.3) is 0 Å². The van der Waals surface area contributed by atoms with Crippen LogP contribution in [0.15, 0.2) is 30.3 Å². The number of hydrogen-bond donors (Lipinski definition) is 2. The van der Waals surface area contributed by atoms with Crippen molar-refractivity contribution in [2.75, 3.05) is 19.6 Å². The van der Waals surface area contributed by atoms with Crippen molar-refractivity contribution in [1.29, 1.82) is 0 Å². The van der Waals surface area contributed by atoms with Crippen LogP contribution in [-0.2, 0) is 16.1 Å². The van der Waals surface area contributed by atoms with Crippen molar-refractivity contribution in [3.05, 3.63) is 35.9 Å². The van der Waals surface area contributed by atoms with Crippen molar-refractivity contribution in [2.24, 2.45) is 5.73 Å². The summed E-state index contributed by atoms with van der Waals surface area (Å²) in [6, 6.07) is 9.13. The van der Waals surface area contributed by atoms with Crippen molar-refractivity contribution in [3.8, 4) is 0 Å². The standard InChI is InChI=1S/C19H29N3O3/c20-17(18(23)22-13-7-2-8-14-22)11-5-6-12-21-19(24)25-15-16-9-3-1-4-10-16/h1,3-4,9-10,17H,2,5-8,11-15,20H2,(H,21,24)/t17-/m0/s1. The molecule has 0 bridgehead atoms. The van der Waals surface area contributed by atoms with Gasteiger partial charge in [-0.05, 0) is 44.1 Å². The van der Waals surface area contributed by atoms with Gasteiger partial charge in [-0.25, -0.2) is 4.79 Å². The van der Waals surface area contributed by atoms with Gasteiger partial charge < -0.3 is 20.7 Å². The molecule has 1 heterocycles. The summed E-state index contributed by atoms with van der Waals surface area (Å²) in [6.45, 7) is 2.46. The maximum Gasteiger partial charge on any atom is 0.407 e. The Hall–Kier alpha value is -2.08. The molecule has 1 aliphatic heterocycles. The van der Waals surface area contributed by atoms with Gasteiger partial charge in [0.05, 0.1) is 6.04 Å². The molecule has 2 rings (SSSR count). The lowest BCUT2D eigenvalue weighted by Gasteiger charge is -2.29. The van der Waals surface area contributed by atoms with E-state index in [4.69, 9.17) is 10.5 Å². The van der Waals surface area contributed by atoms with Crippen LogP contribution < -0.4 is 11.1 Å². The molecule has 0 aliphatic carbocycles. The van der Waals surface area contributed by atoms with E-state index in [1.165, 1.54) is 6.42 Å². The van der Waals surface area contributed by atoms with Gasteiger partial charge in [-0.1, -0.05) is 30.3 Å². The molecule has 3 N–H and O–H groups in total. The summed E-state index contributed by atoms with van der Waals surface area (Å²) in [6.07, 6.45) is 5.17. The fraction of sp³-hybridized carbons (Fsp3) is 0.579. The molecule has 0 radical (unpaired) electrons. The molecule has 1 saturated heterocycles. The lowest BCUT2D eigenvalue weighted by molar-refractivity contribution is -0.133.